The van der Waals surface area contributed by atoms with Gasteiger partial charge < -0.3 is 5.32 Å². The van der Waals surface area contributed by atoms with Crippen molar-refractivity contribution in [2.45, 2.75) is 24.3 Å². The van der Waals surface area contributed by atoms with Crippen LogP contribution in [0.2, 0.25) is 0 Å². The maximum absolute atomic E-state index is 12.2. The summed E-state index contributed by atoms with van der Waals surface area (Å²) in [5, 5.41) is 7.21. The van der Waals surface area contributed by atoms with Crippen molar-refractivity contribution in [3.05, 3.63) is 42.1 Å². The van der Waals surface area contributed by atoms with Crippen LogP contribution in [0, 0.1) is 6.92 Å². The number of hydrogen-bond donors (Lipinski definition) is 1. The van der Waals surface area contributed by atoms with Crippen molar-refractivity contribution in [2.75, 3.05) is 22.6 Å². The minimum Gasteiger partial charge on any atom is -0.310 e. The normalized spacial score (nSPS) is 19.3. The van der Waals surface area contributed by atoms with Crippen LogP contribution in [0.25, 0.3) is 0 Å². The van der Waals surface area contributed by atoms with E-state index in [0.29, 0.717) is 12.2 Å². The Bertz CT molecular complexity index is 832. The quantitative estimate of drug-likeness (QED) is 0.822. The lowest BCUT2D eigenvalue weighted by Crippen LogP contribution is -2.20. The van der Waals surface area contributed by atoms with Crippen LogP contribution in [0.5, 0.6) is 0 Å². The van der Waals surface area contributed by atoms with Crippen molar-refractivity contribution in [1.29, 1.82) is 0 Å². The number of rotatable bonds is 5. The lowest BCUT2D eigenvalue weighted by Gasteiger charge is -2.13. The number of anilines is 1. The molecule has 1 N–H and O–H groups in total. The average molecular weight is 365 g/mol. The first-order valence-electron chi connectivity index (χ1n) is 7.67. The van der Waals surface area contributed by atoms with E-state index in [4.69, 9.17) is 0 Å². The zero-order chi connectivity index (χ0) is 17.2. The van der Waals surface area contributed by atoms with Gasteiger partial charge in [-0.2, -0.15) is 5.10 Å². The Kier molecular flexibility index (Phi) is 4.96. The average Bonchev–Trinajstić information content (AvgIpc) is 3.08. The van der Waals surface area contributed by atoms with E-state index < -0.39 is 9.84 Å². The topological polar surface area (TPSA) is 81.1 Å². The number of carbonyl (C=O) groups excluding carboxylic acids is 1. The van der Waals surface area contributed by atoms with Crippen LogP contribution >= 0.6 is 11.8 Å². The number of carbonyl (C=O) groups is 1. The SMILES string of the molecule is Cc1cc(NC(=O)CSc2ccccc2)n(C2CCS(=O)(=O)C2)n1. The Balaban J connectivity index is 1.66. The van der Waals surface area contributed by atoms with Gasteiger partial charge in [0.25, 0.3) is 0 Å². The molecule has 0 aliphatic carbocycles. The molecule has 0 saturated carbocycles. The van der Waals surface area contributed by atoms with Crippen LogP contribution in [0.4, 0.5) is 5.82 Å². The summed E-state index contributed by atoms with van der Waals surface area (Å²) in [7, 11) is -3.00. The molecule has 1 aliphatic heterocycles. The van der Waals surface area contributed by atoms with Crippen molar-refractivity contribution in [3.8, 4) is 0 Å². The van der Waals surface area contributed by atoms with Crippen molar-refractivity contribution >= 4 is 33.3 Å². The lowest BCUT2D eigenvalue weighted by molar-refractivity contribution is -0.113. The molecule has 128 valence electrons. The molecule has 1 amide bonds. The summed E-state index contributed by atoms with van der Waals surface area (Å²) >= 11 is 1.45. The molecule has 0 radical (unpaired) electrons. The number of sulfone groups is 1. The Morgan fingerprint density at radius 2 is 2.12 bits per heavy atom. The van der Waals surface area contributed by atoms with Gasteiger partial charge in [-0.25, -0.2) is 13.1 Å². The first kappa shape index (κ1) is 17.0. The van der Waals surface area contributed by atoms with Gasteiger partial charge in [0.15, 0.2) is 9.84 Å². The third-order valence-electron chi connectivity index (χ3n) is 3.79. The van der Waals surface area contributed by atoms with Gasteiger partial charge in [-0.1, -0.05) is 18.2 Å². The summed E-state index contributed by atoms with van der Waals surface area (Å²) < 4.78 is 25.0. The Morgan fingerprint density at radius 3 is 2.79 bits per heavy atom. The minimum atomic E-state index is -3.00. The molecule has 3 rings (SSSR count). The van der Waals surface area contributed by atoms with Crippen molar-refractivity contribution in [2.24, 2.45) is 0 Å². The number of aromatic nitrogens is 2. The highest BCUT2D eigenvalue weighted by molar-refractivity contribution is 8.00. The van der Waals surface area contributed by atoms with Crippen LogP contribution in [0.3, 0.4) is 0 Å². The summed E-state index contributed by atoms with van der Waals surface area (Å²) in [5.74, 6) is 0.972. The molecule has 6 nitrogen and oxygen atoms in total. The fourth-order valence-electron chi connectivity index (χ4n) is 2.70. The maximum atomic E-state index is 12.2. The molecule has 2 heterocycles. The van der Waals surface area contributed by atoms with E-state index in [0.717, 1.165) is 10.6 Å². The molecule has 1 aromatic heterocycles. The van der Waals surface area contributed by atoms with Crippen LogP contribution in [-0.4, -0.2) is 41.4 Å². The molecule has 0 bridgehead atoms. The second-order valence-electron chi connectivity index (χ2n) is 5.82. The zero-order valence-electron chi connectivity index (χ0n) is 13.3. The van der Waals surface area contributed by atoms with Gasteiger partial charge in [-0.15, -0.1) is 11.8 Å². The number of nitrogens with zero attached hydrogens (tertiary/aromatic N) is 2. The molecule has 1 saturated heterocycles. The molecule has 1 aliphatic rings. The Hall–Kier alpha value is -1.80. The van der Waals surface area contributed by atoms with Gasteiger partial charge in [0.05, 0.1) is 29.0 Å². The highest BCUT2D eigenvalue weighted by Crippen LogP contribution is 2.27. The minimum absolute atomic E-state index is 0.0791. The molecule has 24 heavy (non-hydrogen) atoms. The maximum Gasteiger partial charge on any atom is 0.235 e. The highest BCUT2D eigenvalue weighted by Gasteiger charge is 2.31. The first-order chi connectivity index (χ1) is 11.4. The van der Waals surface area contributed by atoms with Gasteiger partial charge in [0, 0.05) is 11.0 Å². The highest BCUT2D eigenvalue weighted by atomic mass is 32.2. The fraction of sp³-hybridized carbons (Fsp3) is 0.375. The smallest absolute Gasteiger partial charge is 0.235 e. The summed E-state index contributed by atoms with van der Waals surface area (Å²) in [6.45, 7) is 1.83. The van der Waals surface area contributed by atoms with Crippen LogP contribution in [0.1, 0.15) is 18.2 Å². The van der Waals surface area contributed by atoms with Crippen molar-refractivity contribution in [1.82, 2.24) is 9.78 Å². The van der Waals surface area contributed by atoms with E-state index >= 15 is 0 Å². The van der Waals surface area contributed by atoms with Gasteiger partial charge >= 0.3 is 0 Å². The molecule has 1 fully saturated rings. The predicted molar refractivity (Wildman–Crippen MR) is 95.1 cm³/mol. The Labute approximate surface area is 145 Å². The summed E-state index contributed by atoms with van der Waals surface area (Å²) in [6.07, 6.45) is 0.533. The fourth-order valence-corrected chi connectivity index (χ4v) is 5.11. The van der Waals surface area contributed by atoms with Crippen LogP contribution < -0.4 is 5.32 Å². The predicted octanol–water partition coefficient (Wildman–Crippen LogP) is 2.28. The van der Waals surface area contributed by atoms with Crippen molar-refractivity contribution in [3.63, 3.8) is 0 Å². The first-order valence-corrected chi connectivity index (χ1v) is 10.5. The molecule has 0 spiro atoms. The van der Waals surface area contributed by atoms with E-state index in [2.05, 4.69) is 10.4 Å². The van der Waals surface area contributed by atoms with Crippen molar-refractivity contribution < 1.29 is 13.2 Å². The lowest BCUT2D eigenvalue weighted by atomic mass is 10.3. The van der Waals surface area contributed by atoms with Gasteiger partial charge in [0.2, 0.25) is 5.91 Å². The van der Waals surface area contributed by atoms with E-state index in [-0.39, 0.29) is 29.2 Å². The molecule has 1 aromatic carbocycles. The van der Waals surface area contributed by atoms with Gasteiger partial charge in [-0.3, -0.25) is 4.79 Å². The molecule has 2 aromatic rings. The number of aryl methyl sites for hydroxylation is 1. The number of thioether (sulfide) groups is 1. The second kappa shape index (κ2) is 6.98. The molecule has 8 heteroatoms. The number of benzene rings is 1. The number of hydrogen-bond acceptors (Lipinski definition) is 5. The largest absolute Gasteiger partial charge is 0.310 e. The Morgan fingerprint density at radius 1 is 1.38 bits per heavy atom. The molecule has 1 unspecified atom stereocenters. The number of amides is 1. The van der Waals surface area contributed by atoms with E-state index in [1.54, 1.807) is 10.7 Å². The number of nitrogens with one attached hydrogen (secondary N) is 1. The van der Waals surface area contributed by atoms with E-state index in [1.807, 2.05) is 37.3 Å². The molecular formula is C16H19N3O3S2. The van der Waals surface area contributed by atoms with Crippen LogP contribution in [-0.2, 0) is 14.6 Å². The third kappa shape index (κ3) is 4.18. The summed E-state index contributed by atoms with van der Waals surface area (Å²) in [4.78, 5) is 13.2. The van der Waals surface area contributed by atoms with E-state index in [1.165, 1.54) is 11.8 Å². The third-order valence-corrected chi connectivity index (χ3v) is 6.56. The van der Waals surface area contributed by atoms with E-state index in [9.17, 15) is 13.2 Å². The molecule has 1 atom stereocenters. The zero-order valence-corrected chi connectivity index (χ0v) is 14.9. The summed E-state index contributed by atoms with van der Waals surface area (Å²) in [5.41, 5.74) is 0.755. The van der Waals surface area contributed by atoms with Crippen LogP contribution in [0.15, 0.2) is 41.3 Å². The molecular weight excluding hydrogens is 346 g/mol. The standard InChI is InChI=1S/C16H19N3O3S2/c1-12-9-15(19(18-12)13-7-8-24(21,22)11-13)17-16(20)10-23-14-5-3-2-4-6-14/h2-6,9,13H,7-8,10-11H2,1H3,(H,17,20). The second-order valence-corrected chi connectivity index (χ2v) is 9.10. The van der Waals surface area contributed by atoms with Gasteiger partial charge in [-0.05, 0) is 25.5 Å². The monoisotopic (exact) mass is 365 g/mol. The summed E-state index contributed by atoms with van der Waals surface area (Å²) in [6, 6.07) is 11.3. The van der Waals surface area contributed by atoms with Gasteiger partial charge in [0.1, 0.15) is 5.82 Å².